The Bertz CT molecular complexity index is 1180. The highest BCUT2D eigenvalue weighted by atomic mass is 35.5. The molecule has 0 aliphatic carbocycles. The summed E-state index contributed by atoms with van der Waals surface area (Å²) in [6.45, 7) is 1.77. The maximum atomic E-state index is 12.7. The smallest absolute Gasteiger partial charge is 0.233 e. The lowest BCUT2D eigenvalue weighted by Gasteiger charge is -2.16. The topological polar surface area (TPSA) is 93.9 Å². The van der Waals surface area contributed by atoms with E-state index in [2.05, 4.69) is 15.5 Å². The van der Waals surface area contributed by atoms with Gasteiger partial charge in [0.15, 0.2) is 20.8 Å². The van der Waals surface area contributed by atoms with Crippen LogP contribution in [0.5, 0.6) is 0 Å². The number of nitrogens with one attached hydrogen (secondary N) is 1. The highest BCUT2D eigenvalue weighted by Crippen LogP contribution is 2.30. The first-order valence-corrected chi connectivity index (χ1v) is 12.8. The second-order valence-corrected chi connectivity index (χ2v) is 11.3. The van der Waals surface area contributed by atoms with Crippen LogP contribution in [0, 0.1) is 0 Å². The fraction of sp³-hybridized carbons (Fsp3) is 0.286. The lowest BCUT2D eigenvalue weighted by Crippen LogP contribution is -2.40. The van der Waals surface area contributed by atoms with E-state index in [1.165, 1.54) is 11.8 Å². The number of para-hydroxylation sites is 1. The molecule has 1 fully saturated rings. The number of carbonyl (C=O) groups excluding carboxylic acids is 1. The minimum atomic E-state index is -3.06. The normalized spacial score (nSPS) is 18.6. The van der Waals surface area contributed by atoms with Gasteiger partial charge in [-0.1, -0.05) is 41.6 Å². The molecule has 162 valence electrons. The number of thioether (sulfide) groups is 1. The van der Waals surface area contributed by atoms with Gasteiger partial charge in [-0.3, -0.25) is 9.36 Å². The first-order valence-electron chi connectivity index (χ1n) is 9.76. The number of sulfone groups is 1. The highest BCUT2D eigenvalue weighted by molar-refractivity contribution is 8.00. The fourth-order valence-electron chi connectivity index (χ4n) is 3.38. The summed E-state index contributed by atoms with van der Waals surface area (Å²) in [5, 5.41) is 12.3. The first kappa shape index (κ1) is 21.9. The van der Waals surface area contributed by atoms with Gasteiger partial charge < -0.3 is 5.32 Å². The molecule has 2 heterocycles. The molecule has 4 rings (SSSR count). The third kappa shape index (κ3) is 5.11. The Morgan fingerprint density at radius 3 is 2.52 bits per heavy atom. The molecule has 1 aliphatic heterocycles. The van der Waals surface area contributed by atoms with Crippen molar-refractivity contribution in [2.45, 2.75) is 29.8 Å². The van der Waals surface area contributed by atoms with Crippen LogP contribution in [0.1, 0.15) is 13.3 Å². The van der Waals surface area contributed by atoms with E-state index in [9.17, 15) is 13.2 Å². The molecule has 3 aromatic rings. The zero-order chi connectivity index (χ0) is 22.0. The third-order valence-electron chi connectivity index (χ3n) is 4.98. The van der Waals surface area contributed by atoms with Crippen molar-refractivity contribution in [2.24, 2.45) is 0 Å². The van der Waals surface area contributed by atoms with Crippen molar-refractivity contribution in [3.8, 4) is 17.1 Å². The van der Waals surface area contributed by atoms with Gasteiger partial charge >= 0.3 is 0 Å². The number of halogens is 1. The standard InChI is InChI=1S/C21H21ClN4O3S2/c1-14(20(27)23-17-11-12-31(28,29)13-17)30-21-25-24-19(15-7-9-16(22)10-8-15)26(21)18-5-3-2-4-6-18/h2-10,14,17H,11-13H2,1H3,(H,23,27). The third-order valence-corrected chi connectivity index (χ3v) is 8.04. The van der Waals surface area contributed by atoms with E-state index in [-0.39, 0.29) is 23.5 Å². The summed E-state index contributed by atoms with van der Waals surface area (Å²) >= 11 is 7.30. The molecule has 1 saturated heterocycles. The van der Waals surface area contributed by atoms with Crippen molar-refractivity contribution in [3.05, 3.63) is 59.6 Å². The molecule has 2 unspecified atom stereocenters. The Morgan fingerprint density at radius 2 is 1.87 bits per heavy atom. The average Bonchev–Trinajstić information content (AvgIpc) is 3.31. The van der Waals surface area contributed by atoms with Gasteiger partial charge in [-0.15, -0.1) is 10.2 Å². The molecule has 0 saturated carbocycles. The summed E-state index contributed by atoms with van der Waals surface area (Å²) < 4.78 is 25.2. The van der Waals surface area contributed by atoms with Crippen molar-refractivity contribution in [3.63, 3.8) is 0 Å². The Balaban J connectivity index is 1.59. The predicted octanol–water partition coefficient (Wildman–Crippen LogP) is 3.37. The van der Waals surface area contributed by atoms with Crippen molar-refractivity contribution in [2.75, 3.05) is 11.5 Å². The summed E-state index contributed by atoms with van der Waals surface area (Å²) in [4.78, 5) is 12.7. The maximum absolute atomic E-state index is 12.7. The van der Waals surface area contributed by atoms with Gasteiger partial charge in [0.25, 0.3) is 0 Å². The molecule has 1 aliphatic rings. The van der Waals surface area contributed by atoms with Crippen molar-refractivity contribution < 1.29 is 13.2 Å². The molecule has 1 amide bonds. The van der Waals surface area contributed by atoms with E-state index in [0.29, 0.717) is 22.4 Å². The molecule has 1 N–H and O–H groups in total. The summed E-state index contributed by atoms with van der Waals surface area (Å²) in [6.07, 6.45) is 0.451. The van der Waals surface area contributed by atoms with E-state index in [1.807, 2.05) is 47.0 Å². The lowest BCUT2D eigenvalue weighted by molar-refractivity contribution is -0.120. The van der Waals surface area contributed by atoms with Crippen molar-refractivity contribution >= 4 is 39.1 Å². The van der Waals surface area contributed by atoms with E-state index < -0.39 is 15.1 Å². The Kier molecular flexibility index (Phi) is 6.36. The maximum Gasteiger partial charge on any atom is 0.233 e. The summed E-state index contributed by atoms with van der Waals surface area (Å²) in [5.41, 5.74) is 1.72. The minimum Gasteiger partial charge on any atom is -0.351 e. The predicted molar refractivity (Wildman–Crippen MR) is 122 cm³/mol. The summed E-state index contributed by atoms with van der Waals surface area (Å²) in [6, 6.07) is 16.7. The number of hydrogen-bond donors (Lipinski definition) is 1. The SMILES string of the molecule is CC(Sc1nnc(-c2ccc(Cl)cc2)n1-c1ccccc1)C(=O)NC1CCS(=O)(=O)C1. The van der Waals surface area contributed by atoms with E-state index in [1.54, 1.807) is 19.1 Å². The molecular formula is C21H21ClN4O3S2. The van der Waals surface area contributed by atoms with Crippen LogP contribution >= 0.6 is 23.4 Å². The summed E-state index contributed by atoms with van der Waals surface area (Å²) in [7, 11) is -3.06. The van der Waals surface area contributed by atoms with Crippen LogP contribution in [0.4, 0.5) is 0 Å². The van der Waals surface area contributed by atoms with E-state index in [0.717, 1.165) is 11.3 Å². The van der Waals surface area contributed by atoms with Gasteiger partial charge in [0.1, 0.15) is 0 Å². The van der Waals surface area contributed by atoms with Gasteiger partial charge in [0.2, 0.25) is 5.91 Å². The Labute approximate surface area is 190 Å². The molecule has 1 aromatic heterocycles. The number of amides is 1. The molecule has 0 radical (unpaired) electrons. The van der Waals surface area contributed by atoms with Crippen LogP contribution in [-0.4, -0.2) is 51.9 Å². The monoisotopic (exact) mass is 476 g/mol. The largest absolute Gasteiger partial charge is 0.351 e. The summed E-state index contributed by atoms with van der Waals surface area (Å²) in [5.74, 6) is 0.533. The van der Waals surface area contributed by atoms with Crippen LogP contribution in [0.15, 0.2) is 59.8 Å². The second-order valence-electron chi connectivity index (χ2n) is 7.35. The Morgan fingerprint density at radius 1 is 1.16 bits per heavy atom. The zero-order valence-electron chi connectivity index (χ0n) is 16.7. The second kappa shape index (κ2) is 9.02. The van der Waals surface area contributed by atoms with Gasteiger partial charge in [0.05, 0.1) is 16.8 Å². The minimum absolute atomic E-state index is 0.00294. The molecular weight excluding hydrogens is 456 g/mol. The van der Waals surface area contributed by atoms with E-state index >= 15 is 0 Å². The van der Waals surface area contributed by atoms with E-state index in [4.69, 9.17) is 11.6 Å². The van der Waals surface area contributed by atoms with Crippen LogP contribution in [0.2, 0.25) is 5.02 Å². The van der Waals surface area contributed by atoms with Gasteiger partial charge in [0, 0.05) is 22.3 Å². The van der Waals surface area contributed by atoms with Crippen molar-refractivity contribution in [1.29, 1.82) is 0 Å². The molecule has 7 nitrogen and oxygen atoms in total. The first-order chi connectivity index (χ1) is 14.8. The lowest BCUT2D eigenvalue weighted by atomic mass is 10.2. The van der Waals surface area contributed by atoms with Gasteiger partial charge in [-0.2, -0.15) is 0 Å². The van der Waals surface area contributed by atoms with Crippen molar-refractivity contribution in [1.82, 2.24) is 20.1 Å². The average molecular weight is 477 g/mol. The quantitative estimate of drug-likeness (QED) is 0.548. The number of benzene rings is 2. The van der Waals surface area contributed by atoms with Crippen LogP contribution in [0.3, 0.4) is 0 Å². The fourth-order valence-corrected chi connectivity index (χ4v) is 6.06. The van der Waals surface area contributed by atoms with Crippen LogP contribution < -0.4 is 5.32 Å². The van der Waals surface area contributed by atoms with Crippen LogP contribution in [-0.2, 0) is 14.6 Å². The number of hydrogen-bond acceptors (Lipinski definition) is 6. The van der Waals surface area contributed by atoms with Gasteiger partial charge in [-0.25, -0.2) is 8.42 Å². The molecule has 31 heavy (non-hydrogen) atoms. The highest BCUT2D eigenvalue weighted by Gasteiger charge is 2.30. The molecule has 0 bridgehead atoms. The Hall–Kier alpha value is -2.36. The molecule has 10 heteroatoms. The van der Waals surface area contributed by atoms with Gasteiger partial charge in [-0.05, 0) is 49.7 Å². The molecule has 2 aromatic carbocycles. The number of carbonyl (C=O) groups is 1. The van der Waals surface area contributed by atoms with Crippen LogP contribution in [0.25, 0.3) is 17.1 Å². The molecule has 0 spiro atoms. The number of rotatable bonds is 6. The number of nitrogens with zero attached hydrogens (tertiary/aromatic N) is 3. The molecule has 2 atom stereocenters. The number of aromatic nitrogens is 3. The zero-order valence-corrected chi connectivity index (χ0v) is 19.1.